The average molecular weight is 199 g/mol. The number of aliphatic carboxylic acids is 1. The van der Waals surface area contributed by atoms with E-state index in [2.05, 4.69) is 10.3 Å². The van der Waals surface area contributed by atoms with Crippen molar-refractivity contribution in [3.05, 3.63) is 11.9 Å². The summed E-state index contributed by atoms with van der Waals surface area (Å²) in [5.74, 6) is -1.04. The Morgan fingerprint density at radius 3 is 3.00 bits per heavy atom. The molecule has 1 atom stereocenters. The third-order valence-electron chi connectivity index (χ3n) is 1.69. The first kappa shape index (κ1) is 10.6. The topological polar surface area (TPSA) is 120 Å². The monoisotopic (exact) mass is 199 g/mol. The maximum absolute atomic E-state index is 10.4. The van der Waals surface area contributed by atoms with E-state index >= 15 is 0 Å². The predicted molar refractivity (Wildman–Crippen MR) is 48.4 cm³/mol. The number of hydrogen-bond donors (Lipinski definition) is 3. The number of carboxylic acids is 1. The van der Waals surface area contributed by atoms with E-state index in [-0.39, 0.29) is 6.42 Å². The van der Waals surface area contributed by atoms with Crippen molar-refractivity contribution in [1.29, 1.82) is 0 Å². The summed E-state index contributed by atoms with van der Waals surface area (Å²) in [4.78, 5) is 10.4. The van der Waals surface area contributed by atoms with Gasteiger partial charge in [0.05, 0.1) is 12.2 Å². The molecule has 0 saturated heterocycles. The molecule has 5 N–H and O–H groups in total. The largest absolute Gasteiger partial charge is 0.480 e. The van der Waals surface area contributed by atoms with Gasteiger partial charge >= 0.3 is 5.97 Å². The molecule has 0 spiro atoms. The molecular weight excluding hydrogens is 186 g/mol. The van der Waals surface area contributed by atoms with E-state index in [0.29, 0.717) is 18.8 Å². The second-order valence-electron chi connectivity index (χ2n) is 2.91. The quantitative estimate of drug-likeness (QED) is 0.514. The molecule has 78 valence electrons. The van der Waals surface area contributed by atoms with Crippen LogP contribution in [-0.4, -0.2) is 38.7 Å². The zero-order valence-corrected chi connectivity index (χ0v) is 7.63. The van der Waals surface area contributed by atoms with E-state index in [0.717, 1.165) is 0 Å². The molecule has 1 rings (SSSR count). The fourth-order valence-corrected chi connectivity index (χ4v) is 0.986. The molecule has 0 fully saturated rings. The third kappa shape index (κ3) is 2.79. The van der Waals surface area contributed by atoms with E-state index in [4.69, 9.17) is 16.6 Å². The van der Waals surface area contributed by atoms with Crippen molar-refractivity contribution < 1.29 is 9.90 Å². The smallest absolute Gasteiger partial charge is 0.320 e. The minimum atomic E-state index is -1.04. The van der Waals surface area contributed by atoms with Crippen LogP contribution in [0.3, 0.4) is 0 Å². The Kier molecular flexibility index (Phi) is 3.55. The summed E-state index contributed by atoms with van der Waals surface area (Å²) >= 11 is 0. The molecule has 1 aromatic heterocycles. The van der Waals surface area contributed by atoms with Crippen LogP contribution in [0.15, 0.2) is 6.20 Å². The molecular formula is C7H13N5O2. The van der Waals surface area contributed by atoms with Crippen molar-refractivity contribution in [3.63, 3.8) is 0 Å². The lowest BCUT2D eigenvalue weighted by atomic mass is 10.2. The molecule has 7 nitrogen and oxygen atoms in total. The van der Waals surface area contributed by atoms with Gasteiger partial charge in [0.25, 0.3) is 0 Å². The summed E-state index contributed by atoms with van der Waals surface area (Å²) < 4.78 is 1.56. The van der Waals surface area contributed by atoms with Crippen LogP contribution in [-0.2, 0) is 17.8 Å². The van der Waals surface area contributed by atoms with E-state index in [1.165, 1.54) is 0 Å². The second kappa shape index (κ2) is 4.68. The molecule has 0 amide bonds. The van der Waals surface area contributed by atoms with Gasteiger partial charge in [-0.05, 0) is 0 Å². The summed E-state index contributed by atoms with van der Waals surface area (Å²) in [7, 11) is 0. The Labute approximate surface area is 80.7 Å². The van der Waals surface area contributed by atoms with Gasteiger partial charge in [-0.2, -0.15) is 0 Å². The lowest BCUT2D eigenvalue weighted by Crippen LogP contribution is -2.32. The van der Waals surface area contributed by atoms with Gasteiger partial charge in [0, 0.05) is 19.2 Å². The normalized spacial score (nSPS) is 12.7. The molecule has 1 heterocycles. The SMILES string of the molecule is NCCn1cc(CC(N)C(=O)O)nn1. The van der Waals surface area contributed by atoms with Gasteiger partial charge in [0.2, 0.25) is 0 Å². The van der Waals surface area contributed by atoms with Crippen molar-refractivity contribution in [1.82, 2.24) is 15.0 Å². The Balaban J connectivity index is 2.55. The zero-order chi connectivity index (χ0) is 10.6. The van der Waals surface area contributed by atoms with Crippen LogP contribution in [0, 0.1) is 0 Å². The van der Waals surface area contributed by atoms with Crippen LogP contribution in [0.4, 0.5) is 0 Å². The maximum atomic E-state index is 10.4. The number of carbonyl (C=O) groups is 1. The number of carboxylic acid groups (broad SMARTS) is 1. The Morgan fingerprint density at radius 1 is 1.71 bits per heavy atom. The summed E-state index contributed by atoms with van der Waals surface area (Å²) in [6.07, 6.45) is 1.83. The van der Waals surface area contributed by atoms with Crippen LogP contribution in [0.1, 0.15) is 5.69 Å². The minimum absolute atomic E-state index is 0.180. The number of nitrogens with two attached hydrogens (primary N) is 2. The molecule has 7 heteroatoms. The lowest BCUT2D eigenvalue weighted by molar-refractivity contribution is -0.138. The van der Waals surface area contributed by atoms with Gasteiger partial charge in [-0.25, -0.2) is 0 Å². The highest BCUT2D eigenvalue weighted by atomic mass is 16.4. The summed E-state index contributed by atoms with van der Waals surface area (Å²) in [5.41, 5.74) is 11.2. The molecule has 1 unspecified atom stereocenters. The van der Waals surface area contributed by atoms with Crippen LogP contribution < -0.4 is 11.5 Å². The van der Waals surface area contributed by atoms with Crippen molar-refractivity contribution in [2.75, 3.05) is 6.54 Å². The molecule has 1 aromatic rings. The standard InChI is InChI=1S/C7H13N5O2/c8-1-2-12-4-5(10-11-12)3-6(9)7(13)14/h4,6H,1-3,8-9H2,(H,13,14). The van der Waals surface area contributed by atoms with Crippen LogP contribution in [0.25, 0.3) is 0 Å². The second-order valence-corrected chi connectivity index (χ2v) is 2.91. The molecule has 0 radical (unpaired) electrons. The number of aromatic nitrogens is 3. The van der Waals surface area contributed by atoms with Crippen LogP contribution in [0.5, 0.6) is 0 Å². The van der Waals surface area contributed by atoms with Gasteiger partial charge in [-0.3, -0.25) is 9.48 Å². The van der Waals surface area contributed by atoms with Crippen molar-refractivity contribution >= 4 is 5.97 Å². The van der Waals surface area contributed by atoms with Gasteiger partial charge in [0.1, 0.15) is 6.04 Å². The number of rotatable bonds is 5. The van der Waals surface area contributed by atoms with Crippen molar-refractivity contribution in [2.45, 2.75) is 19.0 Å². The fourth-order valence-electron chi connectivity index (χ4n) is 0.986. The molecule has 0 bridgehead atoms. The van der Waals surface area contributed by atoms with E-state index < -0.39 is 12.0 Å². The highest BCUT2D eigenvalue weighted by molar-refractivity contribution is 5.73. The summed E-state index contributed by atoms with van der Waals surface area (Å²) in [6.45, 7) is 1.03. The molecule has 0 aromatic carbocycles. The summed E-state index contributed by atoms with van der Waals surface area (Å²) in [5, 5.41) is 16.1. The third-order valence-corrected chi connectivity index (χ3v) is 1.69. The van der Waals surface area contributed by atoms with Crippen molar-refractivity contribution in [2.24, 2.45) is 11.5 Å². The van der Waals surface area contributed by atoms with Crippen molar-refractivity contribution in [3.8, 4) is 0 Å². The lowest BCUT2D eigenvalue weighted by Gasteiger charge is -2.01. The van der Waals surface area contributed by atoms with Crippen LogP contribution >= 0.6 is 0 Å². The first-order chi connectivity index (χ1) is 6.63. The Morgan fingerprint density at radius 2 is 2.43 bits per heavy atom. The zero-order valence-electron chi connectivity index (χ0n) is 7.63. The molecule has 14 heavy (non-hydrogen) atoms. The average Bonchev–Trinajstić information content (AvgIpc) is 2.53. The first-order valence-corrected chi connectivity index (χ1v) is 4.21. The molecule has 0 aliphatic rings. The number of hydrogen-bond acceptors (Lipinski definition) is 5. The minimum Gasteiger partial charge on any atom is -0.480 e. The molecule has 0 saturated carbocycles. The fraction of sp³-hybridized carbons (Fsp3) is 0.571. The maximum Gasteiger partial charge on any atom is 0.320 e. The number of nitrogens with zero attached hydrogens (tertiary/aromatic N) is 3. The van der Waals surface area contributed by atoms with Gasteiger partial charge < -0.3 is 16.6 Å². The Bertz CT molecular complexity index is 311. The molecule has 0 aliphatic carbocycles. The highest BCUT2D eigenvalue weighted by Gasteiger charge is 2.14. The molecule has 0 aliphatic heterocycles. The van der Waals surface area contributed by atoms with Gasteiger partial charge in [0.15, 0.2) is 0 Å². The Hall–Kier alpha value is -1.47. The van der Waals surface area contributed by atoms with E-state index in [1.807, 2.05) is 0 Å². The van der Waals surface area contributed by atoms with Gasteiger partial charge in [-0.15, -0.1) is 5.10 Å². The van der Waals surface area contributed by atoms with E-state index in [9.17, 15) is 4.79 Å². The van der Waals surface area contributed by atoms with Crippen LogP contribution in [0.2, 0.25) is 0 Å². The highest BCUT2D eigenvalue weighted by Crippen LogP contribution is 1.97. The van der Waals surface area contributed by atoms with Gasteiger partial charge in [-0.1, -0.05) is 5.21 Å². The van der Waals surface area contributed by atoms with E-state index in [1.54, 1.807) is 10.9 Å². The predicted octanol–water partition coefficient (Wildman–Crippen LogP) is -1.81. The summed E-state index contributed by atoms with van der Waals surface area (Å²) in [6, 6.07) is -0.932. The first-order valence-electron chi connectivity index (χ1n) is 4.21.